The number of fused-ring (bicyclic) bond motifs is 1. The van der Waals surface area contributed by atoms with Crippen molar-refractivity contribution < 1.29 is 9.59 Å². The van der Waals surface area contributed by atoms with Gasteiger partial charge in [-0.05, 0) is 29.8 Å². The highest BCUT2D eigenvalue weighted by Crippen LogP contribution is 2.40. The van der Waals surface area contributed by atoms with Gasteiger partial charge in [-0.3, -0.25) is 14.6 Å². The molecule has 0 spiro atoms. The van der Waals surface area contributed by atoms with E-state index in [0.29, 0.717) is 5.82 Å². The molecule has 0 aliphatic carbocycles. The number of hydrogen-bond donors (Lipinski definition) is 0. The largest absolute Gasteiger partial charge is 0.333 e. The molecule has 7 nitrogen and oxygen atoms in total. The molecular weight excluding hydrogens is 438 g/mol. The predicted octanol–water partition coefficient (Wildman–Crippen LogP) is 4.30. The summed E-state index contributed by atoms with van der Waals surface area (Å²) in [7, 11) is 5.38. The van der Waals surface area contributed by atoms with Crippen LogP contribution in [0.5, 0.6) is 0 Å². The van der Waals surface area contributed by atoms with Gasteiger partial charge in [0, 0.05) is 40.2 Å². The number of pyridine rings is 1. The minimum absolute atomic E-state index is 0.00959. The molecule has 1 amide bonds. The second-order valence-electron chi connectivity index (χ2n) is 8.41. The monoisotopic (exact) mass is 465 g/mol. The van der Waals surface area contributed by atoms with E-state index >= 15 is 0 Å². The van der Waals surface area contributed by atoms with Crippen LogP contribution in [0.1, 0.15) is 30.1 Å². The first-order chi connectivity index (χ1) is 16.9. The van der Waals surface area contributed by atoms with E-state index in [1.54, 1.807) is 18.1 Å². The van der Waals surface area contributed by atoms with Crippen LogP contribution in [0.15, 0.2) is 90.4 Å². The fraction of sp³-hybridized carbons (Fsp3) is 0.214. The number of Topliss-reactive ketones (excluding diaryl/α,β-unsaturated/α-hetero) is 1. The highest BCUT2D eigenvalue weighted by atomic mass is 16.2. The maximum Gasteiger partial charge on any atom is 0.223 e. The van der Waals surface area contributed by atoms with Crippen LogP contribution >= 0.6 is 0 Å². The van der Waals surface area contributed by atoms with E-state index < -0.39 is 0 Å². The molecule has 2 heterocycles. The summed E-state index contributed by atoms with van der Waals surface area (Å²) in [5, 5.41) is 9.85. The molecule has 176 valence electrons. The second-order valence-corrected chi connectivity index (χ2v) is 8.41. The van der Waals surface area contributed by atoms with E-state index in [-0.39, 0.29) is 36.1 Å². The first-order valence-electron chi connectivity index (χ1n) is 11.4. The van der Waals surface area contributed by atoms with Gasteiger partial charge in [0.2, 0.25) is 5.91 Å². The fourth-order valence-electron chi connectivity index (χ4n) is 4.49. The summed E-state index contributed by atoms with van der Waals surface area (Å²) in [6.07, 6.45) is 1.63. The molecule has 0 N–H and O–H groups in total. The van der Waals surface area contributed by atoms with Crippen molar-refractivity contribution in [2.75, 3.05) is 30.9 Å². The lowest BCUT2D eigenvalue weighted by atomic mass is 10.0. The van der Waals surface area contributed by atoms with E-state index in [9.17, 15) is 14.9 Å². The topological polar surface area (TPSA) is 80.5 Å². The van der Waals surface area contributed by atoms with E-state index in [2.05, 4.69) is 11.1 Å². The standard InChI is InChI=1S/C28H27N5O2/c1-31-23-14-7-8-15-24(23)32(2)28(31)21(19-29)25(34)16-17-26(35)33(3)27(20-11-5-4-6-12-20)22-13-9-10-18-30-22/h4-15,18,27H,16-17H2,1-3H3. The number of nitrogens with zero attached hydrogens (tertiary/aromatic N) is 5. The molecule has 0 bridgehead atoms. The summed E-state index contributed by atoms with van der Waals surface area (Å²) in [4.78, 5) is 36.1. The number of anilines is 2. The molecule has 2 aromatic carbocycles. The number of aromatic nitrogens is 1. The Kier molecular flexibility index (Phi) is 6.93. The fourth-order valence-corrected chi connectivity index (χ4v) is 4.49. The predicted molar refractivity (Wildman–Crippen MR) is 135 cm³/mol. The average molecular weight is 466 g/mol. The van der Waals surface area contributed by atoms with Crippen molar-refractivity contribution in [3.8, 4) is 6.07 Å². The van der Waals surface area contributed by atoms with Crippen LogP contribution in [0.25, 0.3) is 0 Å². The number of ketones is 1. The minimum atomic E-state index is -0.379. The molecule has 4 rings (SSSR count). The van der Waals surface area contributed by atoms with Crippen molar-refractivity contribution in [1.29, 1.82) is 5.26 Å². The van der Waals surface area contributed by atoms with Crippen LogP contribution in [-0.4, -0.2) is 42.7 Å². The van der Waals surface area contributed by atoms with Crippen molar-refractivity contribution in [3.05, 3.63) is 102 Å². The average Bonchev–Trinajstić information content (AvgIpc) is 3.14. The Morgan fingerprint density at radius 3 is 2.09 bits per heavy atom. The summed E-state index contributed by atoms with van der Waals surface area (Å²) in [6.45, 7) is 0. The lowest BCUT2D eigenvalue weighted by molar-refractivity contribution is -0.133. The number of rotatable bonds is 7. The molecule has 3 aromatic rings. The number of benzene rings is 2. The Morgan fingerprint density at radius 2 is 1.51 bits per heavy atom. The van der Waals surface area contributed by atoms with Crippen molar-refractivity contribution in [3.63, 3.8) is 0 Å². The quantitative estimate of drug-likeness (QED) is 0.382. The zero-order valence-corrected chi connectivity index (χ0v) is 20.0. The minimum Gasteiger partial charge on any atom is -0.333 e. The third-order valence-corrected chi connectivity index (χ3v) is 6.28. The summed E-state index contributed by atoms with van der Waals surface area (Å²) >= 11 is 0. The van der Waals surface area contributed by atoms with Crippen LogP contribution in [-0.2, 0) is 9.59 Å². The third-order valence-electron chi connectivity index (χ3n) is 6.28. The molecular formula is C28H27N5O2. The lowest BCUT2D eigenvalue weighted by Gasteiger charge is -2.28. The molecule has 1 aliphatic heterocycles. The van der Waals surface area contributed by atoms with Crippen molar-refractivity contribution in [2.24, 2.45) is 0 Å². The number of nitriles is 1. The second kappa shape index (κ2) is 10.2. The first-order valence-corrected chi connectivity index (χ1v) is 11.4. The van der Waals surface area contributed by atoms with Gasteiger partial charge >= 0.3 is 0 Å². The molecule has 1 aromatic heterocycles. The smallest absolute Gasteiger partial charge is 0.223 e. The van der Waals surface area contributed by atoms with Crippen molar-refractivity contribution in [1.82, 2.24) is 9.88 Å². The van der Waals surface area contributed by atoms with Gasteiger partial charge in [-0.15, -0.1) is 0 Å². The van der Waals surface area contributed by atoms with Gasteiger partial charge in [-0.2, -0.15) is 5.26 Å². The molecule has 0 fully saturated rings. The Balaban J connectivity index is 1.53. The van der Waals surface area contributed by atoms with Gasteiger partial charge in [0.15, 0.2) is 5.78 Å². The van der Waals surface area contributed by atoms with E-state index in [1.165, 1.54) is 0 Å². The van der Waals surface area contributed by atoms with Crippen molar-refractivity contribution >= 4 is 23.1 Å². The number of hydrogen-bond acceptors (Lipinski definition) is 6. The van der Waals surface area contributed by atoms with Gasteiger partial charge in [0.1, 0.15) is 17.5 Å². The number of carbonyl (C=O) groups excluding carboxylic acids is 2. The number of amides is 1. The number of para-hydroxylation sites is 2. The third kappa shape index (κ3) is 4.64. The SMILES string of the molecule is CN1C(=C(C#N)C(=O)CCC(=O)N(C)C(c2ccccc2)c2ccccn2)N(C)c2ccccc21. The Labute approximate surface area is 205 Å². The summed E-state index contributed by atoms with van der Waals surface area (Å²) in [5.41, 5.74) is 3.56. The van der Waals surface area contributed by atoms with Gasteiger partial charge in [0.05, 0.1) is 23.1 Å². The highest BCUT2D eigenvalue weighted by Gasteiger charge is 2.32. The van der Waals surface area contributed by atoms with Crippen LogP contribution in [0.2, 0.25) is 0 Å². The zero-order valence-electron chi connectivity index (χ0n) is 20.0. The van der Waals surface area contributed by atoms with E-state index in [0.717, 1.165) is 22.6 Å². The molecule has 0 saturated carbocycles. The number of carbonyl (C=O) groups is 2. The molecule has 0 radical (unpaired) electrons. The molecule has 1 atom stereocenters. The van der Waals surface area contributed by atoms with Crippen LogP contribution in [0.3, 0.4) is 0 Å². The Hall–Kier alpha value is -4.44. The number of allylic oxidation sites excluding steroid dienone is 1. The normalized spacial score (nSPS) is 13.1. The molecule has 0 saturated heterocycles. The Bertz CT molecular complexity index is 1230. The summed E-state index contributed by atoms with van der Waals surface area (Å²) < 4.78 is 0. The zero-order chi connectivity index (χ0) is 24.9. The van der Waals surface area contributed by atoms with Crippen molar-refractivity contribution in [2.45, 2.75) is 18.9 Å². The maximum atomic E-state index is 13.2. The van der Waals surface area contributed by atoms with Crippen LogP contribution < -0.4 is 9.80 Å². The van der Waals surface area contributed by atoms with Crippen LogP contribution in [0.4, 0.5) is 11.4 Å². The van der Waals surface area contributed by atoms with E-state index in [4.69, 9.17) is 0 Å². The van der Waals surface area contributed by atoms with Gasteiger partial charge in [-0.1, -0.05) is 48.5 Å². The van der Waals surface area contributed by atoms with Gasteiger partial charge in [-0.25, -0.2) is 0 Å². The summed E-state index contributed by atoms with van der Waals surface area (Å²) in [5.74, 6) is -0.0310. The molecule has 35 heavy (non-hydrogen) atoms. The lowest BCUT2D eigenvalue weighted by Crippen LogP contribution is -2.33. The van der Waals surface area contributed by atoms with Gasteiger partial charge in [0.25, 0.3) is 0 Å². The molecule has 1 unspecified atom stereocenters. The molecule has 1 aliphatic rings. The molecule has 7 heteroatoms. The van der Waals surface area contributed by atoms with Crippen LogP contribution in [0, 0.1) is 11.3 Å². The van der Waals surface area contributed by atoms with Gasteiger partial charge < -0.3 is 14.7 Å². The first kappa shape index (κ1) is 23.7. The summed E-state index contributed by atoms with van der Waals surface area (Å²) in [6, 6.07) is 24.7. The maximum absolute atomic E-state index is 13.2. The van der Waals surface area contributed by atoms with E-state index in [1.807, 2.05) is 96.7 Å². The highest BCUT2D eigenvalue weighted by molar-refractivity contribution is 6.03. The Morgan fingerprint density at radius 1 is 0.914 bits per heavy atom.